The second-order valence-electron chi connectivity index (χ2n) is 5.68. The van der Waals surface area contributed by atoms with E-state index in [0.29, 0.717) is 11.5 Å². The van der Waals surface area contributed by atoms with E-state index in [1.165, 1.54) is 0 Å². The van der Waals surface area contributed by atoms with Crippen LogP contribution in [0.2, 0.25) is 0 Å². The van der Waals surface area contributed by atoms with E-state index in [1.807, 2.05) is 0 Å². The molecule has 0 saturated carbocycles. The van der Waals surface area contributed by atoms with Crippen LogP contribution in [-0.2, 0) is 9.59 Å². The Morgan fingerprint density at radius 3 is 2.13 bits per heavy atom. The Morgan fingerprint density at radius 2 is 1.57 bits per heavy atom. The average Bonchev–Trinajstić information content (AvgIpc) is 2.55. The Kier molecular flexibility index (Phi) is 9.03. The summed E-state index contributed by atoms with van der Waals surface area (Å²) in [5, 5.41) is 0. The molecule has 0 amide bonds. The summed E-state index contributed by atoms with van der Waals surface area (Å²) in [6.07, 6.45) is 6.16. The number of para-hydroxylation sites is 2. The van der Waals surface area contributed by atoms with Crippen LogP contribution in [0.25, 0.3) is 0 Å². The van der Waals surface area contributed by atoms with Gasteiger partial charge in [-0.2, -0.15) is 0 Å². The molecule has 0 fully saturated rings. The maximum absolute atomic E-state index is 12.4. The molecule has 1 aromatic rings. The predicted molar refractivity (Wildman–Crippen MR) is 90.5 cm³/mol. The standard InChI is InChI=1S/C19H28O4/c1-4-7-8-12-15(11-5-2)19(21)23-17-14-10-9-13-16(17)22-18(20)6-3/h9-10,13-15H,4-8,11-12H2,1-3H3. The maximum Gasteiger partial charge on any atom is 0.314 e. The van der Waals surface area contributed by atoms with Gasteiger partial charge in [0.2, 0.25) is 0 Å². The van der Waals surface area contributed by atoms with Gasteiger partial charge in [0.05, 0.1) is 5.92 Å². The molecule has 0 aliphatic rings. The third-order valence-corrected chi connectivity index (χ3v) is 3.70. The van der Waals surface area contributed by atoms with E-state index in [-0.39, 0.29) is 24.3 Å². The Morgan fingerprint density at radius 1 is 0.913 bits per heavy atom. The molecule has 0 heterocycles. The average molecular weight is 320 g/mol. The lowest BCUT2D eigenvalue weighted by molar-refractivity contribution is -0.140. The van der Waals surface area contributed by atoms with Gasteiger partial charge in [-0.05, 0) is 25.0 Å². The third kappa shape index (κ3) is 6.85. The van der Waals surface area contributed by atoms with Gasteiger partial charge >= 0.3 is 11.9 Å². The molecule has 1 unspecified atom stereocenters. The number of hydrogen-bond donors (Lipinski definition) is 0. The molecular formula is C19H28O4. The van der Waals surface area contributed by atoms with Gasteiger partial charge in [0, 0.05) is 6.42 Å². The van der Waals surface area contributed by atoms with Crippen LogP contribution in [0.1, 0.15) is 65.7 Å². The first-order chi connectivity index (χ1) is 11.1. The highest BCUT2D eigenvalue weighted by Crippen LogP contribution is 2.29. The van der Waals surface area contributed by atoms with Crippen LogP contribution in [-0.4, -0.2) is 11.9 Å². The fourth-order valence-corrected chi connectivity index (χ4v) is 2.37. The third-order valence-electron chi connectivity index (χ3n) is 3.70. The molecule has 1 atom stereocenters. The smallest absolute Gasteiger partial charge is 0.314 e. The second-order valence-corrected chi connectivity index (χ2v) is 5.68. The maximum atomic E-state index is 12.4. The van der Waals surface area contributed by atoms with Crippen LogP contribution in [0.3, 0.4) is 0 Å². The van der Waals surface area contributed by atoms with Gasteiger partial charge in [-0.1, -0.05) is 58.6 Å². The number of carbonyl (C=O) groups excluding carboxylic acids is 2. The van der Waals surface area contributed by atoms with Gasteiger partial charge in [0.25, 0.3) is 0 Å². The summed E-state index contributed by atoms with van der Waals surface area (Å²) >= 11 is 0. The predicted octanol–water partition coefficient (Wildman–Crippen LogP) is 4.90. The first-order valence-corrected chi connectivity index (χ1v) is 8.63. The summed E-state index contributed by atoms with van der Waals surface area (Å²) in [6.45, 7) is 5.94. The van der Waals surface area contributed by atoms with Crippen molar-refractivity contribution in [3.63, 3.8) is 0 Å². The van der Waals surface area contributed by atoms with Crippen molar-refractivity contribution >= 4 is 11.9 Å². The minimum atomic E-state index is -0.346. The van der Waals surface area contributed by atoms with Crippen molar-refractivity contribution in [2.45, 2.75) is 65.7 Å². The lowest BCUT2D eigenvalue weighted by atomic mass is 9.97. The Balaban J connectivity index is 2.75. The molecule has 0 spiro atoms. The normalized spacial score (nSPS) is 11.8. The zero-order chi connectivity index (χ0) is 17.1. The molecule has 4 heteroatoms. The highest BCUT2D eigenvalue weighted by Gasteiger charge is 2.21. The molecule has 0 aliphatic carbocycles. The van der Waals surface area contributed by atoms with E-state index in [2.05, 4.69) is 13.8 Å². The lowest BCUT2D eigenvalue weighted by Crippen LogP contribution is -2.21. The Hall–Kier alpha value is -1.84. The lowest BCUT2D eigenvalue weighted by Gasteiger charge is -2.16. The zero-order valence-electron chi connectivity index (χ0n) is 14.5. The van der Waals surface area contributed by atoms with E-state index in [4.69, 9.17) is 9.47 Å². The number of ether oxygens (including phenoxy) is 2. The fourth-order valence-electron chi connectivity index (χ4n) is 2.37. The van der Waals surface area contributed by atoms with E-state index in [1.54, 1.807) is 31.2 Å². The van der Waals surface area contributed by atoms with Gasteiger partial charge < -0.3 is 9.47 Å². The number of esters is 2. The Bertz CT molecular complexity index is 496. The molecule has 0 aliphatic heterocycles. The van der Waals surface area contributed by atoms with Gasteiger partial charge in [-0.15, -0.1) is 0 Å². The van der Waals surface area contributed by atoms with Crippen molar-refractivity contribution in [2.75, 3.05) is 0 Å². The highest BCUT2D eigenvalue weighted by molar-refractivity contribution is 5.77. The van der Waals surface area contributed by atoms with Crippen LogP contribution >= 0.6 is 0 Å². The molecule has 0 N–H and O–H groups in total. The molecule has 0 radical (unpaired) electrons. The van der Waals surface area contributed by atoms with Crippen LogP contribution < -0.4 is 9.47 Å². The van der Waals surface area contributed by atoms with E-state index < -0.39 is 0 Å². The van der Waals surface area contributed by atoms with Gasteiger partial charge in [-0.25, -0.2) is 0 Å². The first kappa shape index (κ1) is 19.2. The summed E-state index contributed by atoms with van der Waals surface area (Å²) in [5.74, 6) is -0.0570. The van der Waals surface area contributed by atoms with E-state index in [0.717, 1.165) is 38.5 Å². The van der Waals surface area contributed by atoms with Crippen LogP contribution in [0.15, 0.2) is 24.3 Å². The quantitative estimate of drug-likeness (QED) is 0.349. The summed E-state index contributed by atoms with van der Waals surface area (Å²) in [7, 11) is 0. The molecule has 1 aromatic carbocycles. The van der Waals surface area contributed by atoms with E-state index in [9.17, 15) is 9.59 Å². The summed E-state index contributed by atoms with van der Waals surface area (Å²) in [6, 6.07) is 6.81. The van der Waals surface area contributed by atoms with Crippen molar-refractivity contribution in [3.8, 4) is 11.5 Å². The molecule has 23 heavy (non-hydrogen) atoms. The molecule has 0 bridgehead atoms. The summed E-state index contributed by atoms with van der Waals surface area (Å²) < 4.78 is 10.7. The minimum absolute atomic E-state index is 0.0958. The van der Waals surface area contributed by atoms with Crippen LogP contribution in [0.4, 0.5) is 0 Å². The first-order valence-electron chi connectivity index (χ1n) is 8.63. The molecular weight excluding hydrogens is 292 g/mol. The number of carbonyl (C=O) groups is 2. The summed E-state index contributed by atoms with van der Waals surface area (Å²) in [5.41, 5.74) is 0. The van der Waals surface area contributed by atoms with Crippen molar-refractivity contribution in [2.24, 2.45) is 5.92 Å². The largest absolute Gasteiger partial charge is 0.423 e. The van der Waals surface area contributed by atoms with E-state index >= 15 is 0 Å². The number of rotatable bonds is 10. The van der Waals surface area contributed by atoms with Crippen LogP contribution in [0.5, 0.6) is 11.5 Å². The summed E-state index contributed by atoms with van der Waals surface area (Å²) in [4.78, 5) is 23.9. The number of unbranched alkanes of at least 4 members (excludes halogenated alkanes) is 2. The van der Waals surface area contributed by atoms with Crippen LogP contribution in [0, 0.1) is 5.92 Å². The highest BCUT2D eigenvalue weighted by atomic mass is 16.6. The molecule has 128 valence electrons. The van der Waals surface area contributed by atoms with Crippen molar-refractivity contribution in [1.29, 1.82) is 0 Å². The monoisotopic (exact) mass is 320 g/mol. The Labute approximate surface area is 139 Å². The van der Waals surface area contributed by atoms with Crippen molar-refractivity contribution in [3.05, 3.63) is 24.3 Å². The van der Waals surface area contributed by atoms with Crippen molar-refractivity contribution < 1.29 is 19.1 Å². The number of benzene rings is 1. The molecule has 1 rings (SSSR count). The zero-order valence-corrected chi connectivity index (χ0v) is 14.5. The molecule has 4 nitrogen and oxygen atoms in total. The second kappa shape index (κ2) is 10.8. The molecule has 0 aromatic heterocycles. The fraction of sp³-hybridized carbons (Fsp3) is 0.579. The molecule has 0 saturated heterocycles. The number of hydrogen-bond acceptors (Lipinski definition) is 4. The van der Waals surface area contributed by atoms with Gasteiger partial charge in [-0.3, -0.25) is 9.59 Å². The minimum Gasteiger partial charge on any atom is -0.423 e. The van der Waals surface area contributed by atoms with Gasteiger partial charge in [0.1, 0.15) is 0 Å². The SMILES string of the molecule is CCCCCC(CCC)C(=O)Oc1ccccc1OC(=O)CC. The van der Waals surface area contributed by atoms with Gasteiger partial charge in [0.15, 0.2) is 11.5 Å². The topological polar surface area (TPSA) is 52.6 Å². The van der Waals surface area contributed by atoms with Crippen molar-refractivity contribution in [1.82, 2.24) is 0 Å².